The van der Waals surface area contributed by atoms with E-state index in [0.29, 0.717) is 18.0 Å². The van der Waals surface area contributed by atoms with Gasteiger partial charge in [-0.25, -0.2) is 0 Å². The smallest absolute Gasteiger partial charge is 0.226 e. The van der Waals surface area contributed by atoms with E-state index < -0.39 is 0 Å². The van der Waals surface area contributed by atoms with Crippen molar-refractivity contribution in [2.24, 2.45) is 0 Å². The molecule has 0 aliphatic rings. The van der Waals surface area contributed by atoms with Crippen LogP contribution >= 0.6 is 11.6 Å². The Kier molecular flexibility index (Phi) is 3.22. The van der Waals surface area contributed by atoms with E-state index in [4.69, 9.17) is 11.6 Å². The molecule has 0 saturated heterocycles. The summed E-state index contributed by atoms with van der Waals surface area (Å²) in [6, 6.07) is 0. The van der Waals surface area contributed by atoms with Gasteiger partial charge in [0.25, 0.3) is 0 Å². The number of hydrogen-bond donors (Lipinski definition) is 2. The van der Waals surface area contributed by atoms with Gasteiger partial charge in [-0.3, -0.25) is 5.10 Å². The lowest BCUT2D eigenvalue weighted by Gasteiger charge is -2.03. The topological polar surface area (TPSA) is 66.5 Å². The van der Waals surface area contributed by atoms with Crippen molar-refractivity contribution in [2.75, 3.05) is 11.9 Å². The largest absolute Gasteiger partial charge is 0.368 e. The van der Waals surface area contributed by atoms with Gasteiger partial charge in [0.2, 0.25) is 5.28 Å². The van der Waals surface area contributed by atoms with Crippen LogP contribution in [0.15, 0.2) is 6.20 Å². The first kappa shape index (κ1) is 10.7. The van der Waals surface area contributed by atoms with Crippen molar-refractivity contribution in [2.45, 2.75) is 13.3 Å². The molecule has 0 saturated carbocycles. The lowest BCUT2D eigenvalue weighted by molar-refractivity contribution is 1.06. The van der Waals surface area contributed by atoms with Crippen LogP contribution < -0.4 is 5.32 Å². The third-order valence-corrected chi connectivity index (χ3v) is 2.17. The van der Waals surface area contributed by atoms with Crippen LogP contribution in [-0.2, 0) is 0 Å². The highest BCUT2D eigenvalue weighted by Gasteiger charge is 2.07. The monoisotopic (exact) mass is 235 g/mol. The molecular formula is C10H10ClN5. The van der Waals surface area contributed by atoms with Crippen LogP contribution in [0.3, 0.4) is 0 Å². The first-order valence-corrected chi connectivity index (χ1v) is 5.19. The third kappa shape index (κ3) is 2.23. The number of nitrogens with zero attached hydrogens (tertiary/aromatic N) is 3. The van der Waals surface area contributed by atoms with Crippen molar-refractivity contribution in [3.63, 3.8) is 0 Å². The van der Waals surface area contributed by atoms with Crippen LogP contribution in [0.1, 0.15) is 13.3 Å². The highest BCUT2D eigenvalue weighted by molar-refractivity contribution is 6.28. The van der Waals surface area contributed by atoms with Gasteiger partial charge in [-0.1, -0.05) is 0 Å². The van der Waals surface area contributed by atoms with Crippen LogP contribution in [0, 0.1) is 11.8 Å². The summed E-state index contributed by atoms with van der Waals surface area (Å²) in [7, 11) is 0. The molecule has 0 aromatic carbocycles. The summed E-state index contributed by atoms with van der Waals surface area (Å²) in [5.74, 6) is 6.47. The van der Waals surface area contributed by atoms with Gasteiger partial charge in [-0.2, -0.15) is 15.1 Å². The Bertz CT molecular complexity index is 551. The van der Waals surface area contributed by atoms with Crippen molar-refractivity contribution < 1.29 is 0 Å². The molecule has 0 aliphatic heterocycles. The molecule has 6 heteroatoms. The molecular weight excluding hydrogens is 226 g/mol. The minimum absolute atomic E-state index is 0.195. The zero-order chi connectivity index (χ0) is 11.4. The Morgan fingerprint density at radius 1 is 1.50 bits per heavy atom. The zero-order valence-corrected chi connectivity index (χ0v) is 9.47. The lowest BCUT2D eigenvalue weighted by Crippen LogP contribution is -2.03. The predicted octanol–water partition coefficient (Wildman–Crippen LogP) is 1.83. The molecule has 2 aromatic rings. The molecule has 0 fully saturated rings. The van der Waals surface area contributed by atoms with Crippen LogP contribution in [0.4, 0.5) is 5.82 Å². The van der Waals surface area contributed by atoms with Gasteiger partial charge >= 0.3 is 0 Å². The number of aromatic amines is 1. The molecule has 2 rings (SSSR count). The standard InChI is InChI=1S/C10H10ClN5/c1-2-3-4-5-12-8-7-6-13-16-9(7)15-10(11)14-8/h6H,4-5H2,1H3,(H2,12,13,14,15,16). The van der Waals surface area contributed by atoms with E-state index in [1.54, 1.807) is 6.20 Å². The molecule has 0 amide bonds. The quantitative estimate of drug-likeness (QED) is 0.484. The van der Waals surface area contributed by atoms with Crippen molar-refractivity contribution in [1.82, 2.24) is 20.2 Å². The molecule has 0 aliphatic carbocycles. The van der Waals surface area contributed by atoms with Crippen molar-refractivity contribution >= 4 is 28.5 Å². The van der Waals surface area contributed by atoms with E-state index in [1.807, 2.05) is 6.92 Å². The zero-order valence-electron chi connectivity index (χ0n) is 8.71. The molecule has 0 unspecified atom stereocenters. The summed E-state index contributed by atoms with van der Waals surface area (Å²) in [5.41, 5.74) is 0.629. The first-order valence-electron chi connectivity index (χ1n) is 4.81. The summed E-state index contributed by atoms with van der Waals surface area (Å²) in [5, 5.41) is 10.8. The number of aromatic nitrogens is 4. The fourth-order valence-electron chi connectivity index (χ4n) is 1.31. The van der Waals surface area contributed by atoms with Crippen molar-refractivity contribution in [3.8, 4) is 11.8 Å². The van der Waals surface area contributed by atoms with Gasteiger partial charge < -0.3 is 5.32 Å². The highest BCUT2D eigenvalue weighted by atomic mass is 35.5. The normalized spacial score (nSPS) is 9.88. The number of anilines is 1. The number of fused-ring (bicyclic) bond motifs is 1. The van der Waals surface area contributed by atoms with E-state index in [1.165, 1.54) is 0 Å². The summed E-state index contributed by atoms with van der Waals surface area (Å²) in [6.07, 6.45) is 2.43. The minimum atomic E-state index is 0.195. The average Bonchev–Trinajstić information content (AvgIpc) is 2.72. The van der Waals surface area contributed by atoms with E-state index in [9.17, 15) is 0 Å². The average molecular weight is 236 g/mol. The van der Waals surface area contributed by atoms with Crippen LogP contribution in [-0.4, -0.2) is 26.7 Å². The fraction of sp³-hybridized carbons (Fsp3) is 0.300. The predicted molar refractivity (Wildman–Crippen MR) is 63.3 cm³/mol. The molecule has 2 heterocycles. The molecule has 0 spiro atoms. The molecule has 5 nitrogen and oxygen atoms in total. The van der Waals surface area contributed by atoms with Gasteiger partial charge in [-0.05, 0) is 18.5 Å². The Hall–Kier alpha value is -1.80. The maximum Gasteiger partial charge on any atom is 0.226 e. The molecule has 16 heavy (non-hydrogen) atoms. The van der Waals surface area contributed by atoms with Gasteiger partial charge in [0.15, 0.2) is 5.65 Å². The van der Waals surface area contributed by atoms with Gasteiger partial charge in [0, 0.05) is 13.0 Å². The fourth-order valence-corrected chi connectivity index (χ4v) is 1.48. The van der Waals surface area contributed by atoms with Gasteiger partial charge in [0.05, 0.1) is 11.6 Å². The SMILES string of the molecule is CC#CCCNc1nc(Cl)nc2[nH]ncc12. The van der Waals surface area contributed by atoms with E-state index in [-0.39, 0.29) is 5.28 Å². The van der Waals surface area contributed by atoms with E-state index >= 15 is 0 Å². The van der Waals surface area contributed by atoms with E-state index in [0.717, 1.165) is 11.8 Å². The van der Waals surface area contributed by atoms with E-state index in [2.05, 4.69) is 37.3 Å². The summed E-state index contributed by atoms with van der Waals surface area (Å²) in [4.78, 5) is 8.12. The number of nitrogens with one attached hydrogen (secondary N) is 2. The second-order valence-electron chi connectivity index (χ2n) is 3.08. The van der Waals surface area contributed by atoms with Crippen LogP contribution in [0.2, 0.25) is 5.28 Å². The Labute approximate surface area is 97.6 Å². The van der Waals surface area contributed by atoms with Crippen LogP contribution in [0.5, 0.6) is 0 Å². The molecule has 2 aromatic heterocycles. The summed E-state index contributed by atoms with van der Waals surface area (Å²) in [6.45, 7) is 2.53. The molecule has 0 atom stereocenters. The van der Waals surface area contributed by atoms with Crippen molar-refractivity contribution in [3.05, 3.63) is 11.5 Å². The van der Waals surface area contributed by atoms with Gasteiger partial charge in [0.1, 0.15) is 5.82 Å². The molecule has 0 radical (unpaired) electrons. The highest BCUT2D eigenvalue weighted by Crippen LogP contribution is 2.19. The molecule has 82 valence electrons. The maximum absolute atomic E-state index is 5.78. The minimum Gasteiger partial charge on any atom is -0.368 e. The maximum atomic E-state index is 5.78. The van der Waals surface area contributed by atoms with Gasteiger partial charge in [-0.15, -0.1) is 11.8 Å². The Morgan fingerprint density at radius 3 is 3.19 bits per heavy atom. The third-order valence-electron chi connectivity index (χ3n) is 2.00. The molecule has 0 bridgehead atoms. The second-order valence-corrected chi connectivity index (χ2v) is 3.42. The summed E-state index contributed by atoms with van der Waals surface area (Å²) >= 11 is 5.78. The van der Waals surface area contributed by atoms with Crippen LogP contribution in [0.25, 0.3) is 11.0 Å². The molecule has 2 N–H and O–H groups in total. The second kappa shape index (κ2) is 4.81. The number of halogens is 1. The summed E-state index contributed by atoms with van der Waals surface area (Å²) < 4.78 is 0. The Morgan fingerprint density at radius 2 is 2.38 bits per heavy atom. The van der Waals surface area contributed by atoms with Crippen molar-refractivity contribution in [1.29, 1.82) is 0 Å². The lowest BCUT2D eigenvalue weighted by atomic mass is 10.3. The Balaban J connectivity index is 2.20. The first-order chi connectivity index (χ1) is 7.81. The number of rotatable bonds is 3. The number of hydrogen-bond acceptors (Lipinski definition) is 4. The number of H-pyrrole nitrogens is 1.